The van der Waals surface area contributed by atoms with Crippen LogP contribution in [0.3, 0.4) is 0 Å². The molecule has 44 heavy (non-hydrogen) atoms. The number of thiophene rings is 1. The van der Waals surface area contributed by atoms with Crippen molar-refractivity contribution < 1.29 is 18.0 Å². The van der Waals surface area contributed by atoms with Gasteiger partial charge in [0.05, 0.1) is 16.2 Å². The van der Waals surface area contributed by atoms with Crippen LogP contribution in [0, 0.1) is 13.8 Å². The molecule has 6 rings (SSSR count). The molecule has 0 spiro atoms. The summed E-state index contributed by atoms with van der Waals surface area (Å²) in [5, 5.41) is 7.91. The highest BCUT2D eigenvalue weighted by atomic mass is 32.2. The molecule has 0 radical (unpaired) electrons. The van der Waals surface area contributed by atoms with Crippen molar-refractivity contribution in [3.8, 4) is 0 Å². The van der Waals surface area contributed by atoms with Crippen LogP contribution in [0.1, 0.15) is 107 Å². The van der Waals surface area contributed by atoms with Gasteiger partial charge in [-0.05, 0) is 88.9 Å². The maximum absolute atomic E-state index is 14.1. The van der Waals surface area contributed by atoms with E-state index in [1.165, 1.54) is 16.0 Å². The molecule has 3 aromatic rings. The zero-order chi connectivity index (χ0) is 31.0. The average molecular weight is 638 g/mol. The lowest BCUT2D eigenvalue weighted by Gasteiger charge is -2.40. The molecule has 0 bridgehead atoms. The monoisotopic (exact) mass is 637 g/mol. The van der Waals surface area contributed by atoms with E-state index in [-0.39, 0.29) is 28.8 Å². The van der Waals surface area contributed by atoms with Crippen LogP contribution in [0.5, 0.6) is 0 Å². The summed E-state index contributed by atoms with van der Waals surface area (Å²) in [6, 6.07) is 8.27. The van der Waals surface area contributed by atoms with Crippen LogP contribution in [0.2, 0.25) is 0 Å². The van der Waals surface area contributed by atoms with Crippen molar-refractivity contribution in [3.63, 3.8) is 0 Å². The summed E-state index contributed by atoms with van der Waals surface area (Å²) in [5.74, 6) is -0.625. The van der Waals surface area contributed by atoms with Gasteiger partial charge < -0.3 is 10.2 Å². The number of benzene rings is 1. The molecule has 2 aromatic heterocycles. The molecule has 3 heterocycles. The standard InChI is InChI=1S/C33H43N5O4S2/c1-22-20-23(2)37(35-22)33(40)30-28-18-19-36(3)21-29(28)43-32(30)34-31(39)24-14-16-27(17-15-24)44(41,42)38(25-10-6-4-7-11-25)26-12-8-5-9-13-26/h14-17,20,25-26H,4-13,18-19,21H2,1-3H3,(H,34,39). The van der Waals surface area contributed by atoms with Crippen molar-refractivity contribution in [2.24, 2.45) is 0 Å². The van der Waals surface area contributed by atoms with E-state index in [2.05, 4.69) is 15.3 Å². The Morgan fingerprint density at radius 1 is 0.955 bits per heavy atom. The number of carbonyl (C=O) groups excluding carboxylic acids is 2. The topological polar surface area (TPSA) is 105 Å². The fourth-order valence-electron chi connectivity index (χ4n) is 7.22. The molecule has 0 saturated heterocycles. The Morgan fingerprint density at radius 3 is 2.14 bits per heavy atom. The minimum atomic E-state index is -3.72. The highest BCUT2D eigenvalue weighted by Crippen LogP contribution is 2.38. The second-order valence-corrected chi connectivity index (χ2v) is 15.7. The summed E-state index contributed by atoms with van der Waals surface area (Å²) in [6.07, 6.45) is 10.9. The first kappa shape index (κ1) is 31.1. The summed E-state index contributed by atoms with van der Waals surface area (Å²) < 4.78 is 31.5. The molecule has 1 aromatic carbocycles. The SMILES string of the molecule is Cc1cc(C)n(C(=O)c2c(NC(=O)c3ccc(S(=O)(=O)N(C4CCCCC4)C4CCCCC4)cc3)sc3c2CCN(C)C3)n1. The van der Waals surface area contributed by atoms with E-state index in [1.54, 1.807) is 24.3 Å². The third-order valence-corrected chi connectivity index (χ3v) is 12.6. The molecule has 0 unspecified atom stereocenters. The number of aromatic nitrogens is 2. The number of hydrogen-bond donors (Lipinski definition) is 1. The lowest BCUT2D eigenvalue weighted by atomic mass is 9.91. The van der Waals surface area contributed by atoms with Gasteiger partial charge in [0, 0.05) is 41.3 Å². The van der Waals surface area contributed by atoms with Gasteiger partial charge in [-0.2, -0.15) is 9.40 Å². The second-order valence-electron chi connectivity index (χ2n) is 12.7. The number of sulfonamides is 1. The Hall–Kier alpha value is -2.86. The zero-order valence-corrected chi connectivity index (χ0v) is 27.6. The summed E-state index contributed by atoms with van der Waals surface area (Å²) in [7, 11) is -1.67. The fourth-order valence-corrected chi connectivity index (χ4v) is 10.5. The first-order valence-electron chi connectivity index (χ1n) is 16.0. The predicted molar refractivity (Wildman–Crippen MR) is 173 cm³/mol. The molecule has 1 aliphatic heterocycles. The minimum absolute atomic E-state index is 0.0434. The van der Waals surface area contributed by atoms with Crippen LogP contribution in [0.15, 0.2) is 35.2 Å². The number of nitrogens with zero attached hydrogens (tertiary/aromatic N) is 4. The Kier molecular flexibility index (Phi) is 9.10. The number of likely N-dealkylation sites (N-methyl/N-ethyl adjacent to an activating group) is 1. The maximum Gasteiger partial charge on any atom is 0.281 e. The molecule has 2 aliphatic carbocycles. The number of rotatable bonds is 7. The Morgan fingerprint density at radius 2 is 1.57 bits per heavy atom. The number of nitrogens with one attached hydrogen (secondary N) is 1. The molecule has 3 aliphatic rings. The number of carbonyl (C=O) groups is 2. The van der Waals surface area contributed by atoms with E-state index < -0.39 is 10.0 Å². The van der Waals surface area contributed by atoms with Crippen LogP contribution >= 0.6 is 11.3 Å². The Bertz CT molecular complexity index is 1610. The zero-order valence-electron chi connectivity index (χ0n) is 26.0. The van der Waals surface area contributed by atoms with Crippen molar-refractivity contribution in [1.82, 2.24) is 19.0 Å². The summed E-state index contributed by atoms with van der Waals surface area (Å²) in [6.45, 7) is 5.23. The fraction of sp³-hybridized carbons (Fsp3) is 0.545. The van der Waals surface area contributed by atoms with Gasteiger partial charge in [-0.25, -0.2) is 13.1 Å². The predicted octanol–water partition coefficient (Wildman–Crippen LogP) is 6.15. The third-order valence-electron chi connectivity index (χ3n) is 9.45. The molecule has 2 saturated carbocycles. The Balaban J connectivity index is 1.26. The van der Waals surface area contributed by atoms with Gasteiger partial charge in [-0.3, -0.25) is 9.59 Å². The lowest BCUT2D eigenvalue weighted by Crippen LogP contribution is -2.48. The van der Waals surface area contributed by atoms with Gasteiger partial charge >= 0.3 is 0 Å². The van der Waals surface area contributed by atoms with Crippen LogP contribution < -0.4 is 5.32 Å². The average Bonchev–Trinajstić information content (AvgIpc) is 3.55. The molecule has 236 valence electrons. The van der Waals surface area contributed by atoms with Crippen molar-refractivity contribution in [3.05, 3.63) is 63.3 Å². The summed E-state index contributed by atoms with van der Waals surface area (Å²) >= 11 is 1.43. The van der Waals surface area contributed by atoms with Crippen molar-refractivity contribution in [2.45, 2.75) is 108 Å². The molecule has 9 nitrogen and oxygen atoms in total. The largest absolute Gasteiger partial charge is 0.313 e. The molecule has 11 heteroatoms. The smallest absolute Gasteiger partial charge is 0.281 e. The lowest BCUT2D eigenvalue weighted by molar-refractivity contribution is 0.0942. The van der Waals surface area contributed by atoms with Crippen molar-refractivity contribution in [2.75, 3.05) is 18.9 Å². The van der Waals surface area contributed by atoms with E-state index in [0.29, 0.717) is 29.1 Å². The first-order chi connectivity index (χ1) is 21.1. The number of fused-ring (bicyclic) bond motifs is 1. The Labute approximate surface area is 264 Å². The highest BCUT2D eigenvalue weighted by molar-refractivity contribution is 7.89. The number of hydrogen-bond acceptors (Lipinski definition) is 7. The minimum Gasteiger partial charge on any atom is -0.313 e. The van der Waals surface area contributed by atoms with E-state index >= 15 is 0 Å². The van der Waals surface area contributed by atoms with E-state index in [4.69, 9.17) is 0 Å². The molecule has 0 atom stereocenters. The van der Waals surface area contributed by atoms with Crippen molar-refractivity contribution >= 4 is 38.2 Å². The molecular formula is C33H43N5O4S2. The van der Waals surface area contributed by atoms with E-state index in [0.717, 1.165) is 92.6 Å². The normalized spacial score (nSPS) is 18.8. The van der Waals surface area contributed by atoms with Gasteiger partial charge in [0.2, 0.25) is 10.0 Å². The maximum atomic E-state index is 14.1. The summed E-state index contributed by atoms with van der Waals surface area (Å²) in [4.78, 5) is 30.8. The summed E-state index contributed by atoms with van der Waals surface area (Å²) in [5.41, 5.74) is 3.30. The third kappa shape index (κ3) is 6.16. The second kappa shape index (κ2) is 12.9. The van der Waals surface area contributed by atoms with E-state index in [9.17, 15) is 18.0 Å². The van der Waals surface area contributed by atoms with Crippen LogP contribution in [-0.4, -0.2) is 64.9 Å². The van der Waals surface area contributed by atoms with E-state index in [1.807, 2.05) is 31.3 Å². The van der Waals surface area contributed by atoms with Gasteiger partial charge in [-0.1, -0.05) is 38.5 Å². The van der Waals surface area contributed by atoms with Crippen molar-refractivity contribution in [1.29, 1.82) is 0 Å². The highest BCUT2D eigenvalue weighted by Gasteiger charge is 2.38. The molecular weight excluding hydrogens is 595 g/mol. The number of amides is 1. The number of anilines is 1. The van der Waals surface area contributed by atoms with Crippen LogP contribution in [0.25, 0.3) is 0 Å². The molecule has 1 N–H and O–H groups in total. The van der Waals surface area contributed by atoms with Gasteiger partial charge in [0.15, 0.2) is 0 Å². The first-order valence-corrected chi connectivity index (χ1v) is 18.2. The van der Waals surface area contributed by atoms with Gasteiger partial charge in [0.1, 0.15) is 5.00 Å². The van der Waals surface area contributed by atoms with Crippen LogP contribution in [0.4, 0.5) is 5.00 Å². The van der Waals surface area contributed by atoms with Gasteiger partial charge in [-0.15, -0.1) is 11.3 Å². The van der Waals surface area contributed by atoms with Gasteiger partial charge in [0.25, 0.3) is 11.8 Å². The quantitative estimate of drug-likeness (QED) is 0.334. The molecule has 2 fully saturated rings. The molecule has 1 amide bonds. The number of aryl methyl sites for hydroxylation is 2. The van der Waals surface area contributed by atoms with Crippen LogP contribution in [-0.2, 0) is 23.0 Å².